The number of hydrogen-bond acceptors (Lipinski definition) is 4. The topological polar surface area (TPSA) is 58.6 Å². The summed E-state index contributed by atoms with van der Waals surface area (Å²) in [6.45, 7) is 4.28. The number of carbonyl (C=O) groups is 2. The fourth-order valence-electron chi connectivity index (χ4n) is 3.36. The summed E-state index contributed by atoms with van der Waals surface area (Å²) >= 11 is 3.49. The van der Waals surface area contributed by atoms with Crippen molar-refractivity contribution >= 4 is 33.5 Å². The summed E-state index contributed by atoms with van der Waals surface area (Å²) in [6, 6.07) is 4.07. The van der Waals surface area contributed by atoms with Crippen LogP contribution >= 0.6 is 15.9 Å². The molecule has 1 N–H and O–H groups in total. The van der Waals surface area contributed by atoms with E-state index in [0.29, 0.717) is 29.2 Å². The smallest absolute Gasteiger partial charge is 0.338 e. The number of carbonyl (C=O) groups excluding carboxylic acids is 2. The molecule has 6 heteroatoms. The summed E-state index contributed by atoms with van der Waals surface area (Å²) in [5.74, 6) is -0.481. The Kier molecular flexibility index (Phi) is 7.44. The van der Waals surface area contributed by atoms with E-state index in [-0.39, 0.29) is 11.9 Å². The molecule has 1 aromatic rings. The van der Waals surface area contributed by atoms with E-state index in [9.17, 15) is 9.59 Å². The number of ether oxygens (including phenoxy) is 1. The lowest BCUT2D eigenvalue weighted by Gasteiger charge is -2.32. The van der Waals surface area contributed by atoms with E-state index in [1.54, 1.807) is 13.0 Å². The van der Waals surface area contributed by atoms with E-state index >= 15 is 0 Å². The molecule has 0 aliphatic heterocycles. The molecule has 0 unspecified atom stereocenters. The molecule has 1 saturated carbocycles. The largest absolute Gasteiger partial charge is 0.462 e. The second kappa shape index (κ2) is 9.34. The maximum atomic E-state index is 12.1. The van der Waals surface area contributed by atoms with Crippen molar-refractivity contribution in [2.24, 2.45) is 0 Å². The number of amides is 1. The van der Waals surface area contributed by atoms with Gasteiger partial charge < -0.3 is 10.1 Å². The van der Waals surface area contributed by atoms with Crippen LogP contribution in [0.3, 0.4) is 0 Å². The van der Waals surface area contributed by atoms with Gasteiger partial charge in [0, 0.05) is 24.0 Å². The summed E-state index contributed by atoms with van der Waals surface area (Å²) in [7, 11) is 2.11. The van der Waals surface area contributed by atoms with Crippen molar-refractivity contribution in [3.63, 3.8) is 0 Å². The monoisotopic (exact) mass is 410 g/mol. The third-order valence-corrected chi connectivity index (χ3v) is 5.23. The van der Waals surface area contributed by atoms with Crippen molar-refractivity contribution in [1.82, 2.24) is 4.90 Å². The number of halogens is 1. The van der Waals surface area contributed by atoms with Crippen LogP contribution < -0.4 is 5.32 Å². The standard InChI is InChI=1S/C19H27BrN2O3/c1-4-25-19(24)14-10-15(18(17(20)11-14)21-13(2)23)12-22(3)16-8-6-5-7-9-16/h10-11,16H,4-9,12H2,1-3H3,(H,21,23). The molecule has 5 nitrogen and oxygen atoms in total. The summed E-state index contributed by atoms with van der Waals surface area (Å²) in [5, 5.41) is 2.88. The Balaban J connectivity index is 2.30. The van der Waals surface area contributed by atoms with Gasteiger partial charge in [0.2, 0.25) is 5.91 Å². The van der Waals surface area contributed by atoms with Crippen LogP contribution in [0.15, 0.2) is 16.6 Å². The van der Waals surface area contributed by atoms with Gasteiger partial charge in [-0.3, -0.25) is 9.69 Å². The average Bonchev–Trinajstić information content (AvgIpc) is 2.58. The molecule has 0 saturated heterocycles. The zero-order valence-corrected chi connectivity index (χ0v) is 16.8. The van der Waals surface area contributed by atoms with Gasteiger partial charge in [-0.15, -0.1) is 0 Å². The number of rotatable bonds is 6. The maximum Gasteiger partial charge on any atom is 0.338 e. The first-order valence-electron chi connectivity index (χ1n) is 8.89. The quantitative estimate of drug-likeness (QED) is 0.708. The molecule has 1 aromatic carbocycles. The van der Waals surface area contributed by atoms with Gasteiger partial charge in [0.15, 0.2) is 0 Å². The summed E-state index contributed by atoms with van der Waals surface area (Å²) in [5.41, 5.74) is 2.14. The maximum absolute atomic E-state index is 12.1. The number of nitrogens with zero attached hydrogens (tertiary/aromatic N) is 1. The van der Waals surface area contributed by atoms with E-state index in [1.165, 1.54) is 39.0 Å². The lowest BCUT2D eigenvalue weighted by atomic mass is 9.94. The number of benzene rings is 1. The van der Waals surface area contributed by atoms with E-state index in [2.05, 4.69) is 33.2 Å². The Morgan fingerprint density at radius 3 is 2.56 bits per heavy atom. The molecule has 0 radical (unpaired) electrons. The lowest BCUT2D eigenvalue weighted by molar-refractivity contribution is -0.114. The van der Waals surface area contributed by atoms with E-state index in [1.807, 2.05) is 6.07 Å². The zero-order valence-electron chi connectivity index (χ0n) is 15.2. The van der Waals surface area contributed by atoms with Gasteiger partial charge in [-0.2, -0.15) is 0 Å². The second-order valence-electron chi connectivity index (χ2n) is 6.60. The molecule has 138 valence electrons. The molecule has 1 aliphatic rings. The molecular weight excluding hydrogens is 384 g/mol. The van der Waals surface area contributed by atoms with Gasteiger partial charge in [0.1, 0.15) is 0 Å². The van der Waals surface area contributed by atoms with Crippen molar-refractivity contribution < 1.29 is 14.3 Å². The van der Waals surface area contributed by atoms with E-state index in [4.69, 9.17) is 4.74 Å². The molecule has 1 fully saturated rings. The minimum Gasteiger partial charge on any atom is -0.462 e. The number of esters is 1. The molecule has 1 aliphatic carbocycles. The van der Waals surface area contributed by atoms with Crippen molar-refractivity contribution in [1.29, 1.82) is 0 Å². The summed E-state index contributed by atoms with van der Waals surface area (Å²) in [6.07, 6.45) is 6.24. The van der Waals surface area contributed by atoms with Gasteiger partial charge in [-0.1, -0.05) is 19.3 Å². The first kappa shape index (κ1) is 19.9. The third kappa shape index (κ3) is 5.54. The van der Waals surface area contributed by atoms with Gasteiger partial charge in [-0.25, -0.2) is 4.79 Å². The second-order valence-corrected chi connectivity index (χ2v) is 7.46. The first-order valence-corrected chi connectivity index (χ1v) is 9.69. The van der Waals surface area contributed by atoms with Gasteiger partial charge in [-0.05, 0) is 60.4 Å². The molecule has 2 rings (SSSR count). The van der Waals surface area contributed by atoms with Crippen molar-refractivity contribution in [3.05, 3.63) is 27.7 Å². The van der Waals surface area contributed by atoms with Crippen LogP contribution in [-0.2, 0) is 16.1 Å². The van der Waals surface area contributed by atoms with Crippen LogP contribution in [-0.4, -0.2) is 36.5 Å². The van der Waals surface area contributed by atoms with Gasteiger partial charge >= 0.3 is 5.97 Å². The summed E-state index contributed by atoms with van der Waals surface area (Å²) in [4.78, 5) is 26.0. The fraction of sp³-hybridized carbons (Fsp3) is 0.579. The Labute approximate surface area is 158 Å². The molecule has 0 aromatic heterocycles. The van der Waals surface area contributed by atoms with Crippen LogP contribution in [0.2, 0.25) is 0 Å². The Morgan fingerprint density at radius 2 is 1.96 bits per heavy atom. The van der Waals surface area contributed by atoms with Crippen molar-refractivity contribution in [3.8, 4) is 0 Å². The van der Waals surface area contributed by atoms with E-state index in [0.717, 1.165) is 11.3 Å². The fourth-order valence-corrected chi connectivity index (χ4v) is 3.96. The Morgan fingerprint density at radius 1 is 1.28 bits per heavy atom. The Bertz CT molecular complexity index is 627. The minimum absolute atomic E-state index is 0.133. The molecule has 0 spiro atoms. The first-order chi connectivity index (χ1) is 11.9. The molecule has 0 bridgehead atoms. The highest BCUT2D eigenvalue weighted by Gasteiger charge is 2.21. The highest BCUT2D eigenvalue weighted by molar-refractivity contribution is 9.10. The predicted octanol–water partition coefficient (Wildman–Crippen LogP) is 4.35. The highest BCUT2D eigenvalue weighted by Crippen LogP contribution is 2.31. The number of nitrogens with one attached hydrogen (secondary N) is 1. The Hall–Kier alpha value is -1.40. The molecule has 25 heavy (non-hydrogen) atoms. The molecular formula is C19H27BrN2O3. The average molecular weight is 411 g/mol. The lowest BCUT2D eigenvalue weighted by Crippen LogP contribution is -2.33. The van der Waals surface area contributed by atoms with Crippen LogP contribution in [0, 0.1) is 0 Å². The van der Waals surface area contributed by atoms with Crippen molar-refractivity contribution in [2.75, 3.05) is 19.0 Å². The number of anilines is 1. The SMILES string of the molecule is CCOC(=O)c1cc(Br)c(NC(C)=O)c(CN(C)C2CCCCC2)c1. The van der Waals surface area contributed by atoms with Gasteiger partial charge in [0.25, 0.3) is 0 Å². The van der Waals surface area contributed by atoms with Crippen molar-refractivity contribution in [2.45, 2.75) is 58.5 Å². The molecule has 0 atom stereocenters. The normalized spacial score (nSPS) is 15.2. The molecule has 1 amide bonds. The zero-order chi connectivity index (χ0) is 18.4. The minimum atomic E-state index is -0.348. The van der Waals surface area contributed by atoms with Gasteiger partial charge in [0.05, 0.1) is 17.9 Å². The molecule has 0 heterocycles. The highest BCUT2D eigenvalue weighted by atomic mass is 79.9. The predicted molar refractivity (Wildman–Crippen MR) is 103 cm³/mol. The number of hydrogen-bond donors (Lipinski definition) is 1. The van der Waals surface area contributed by atoms with Crippen LogP contribution in [0.5, 0.6) is 0 Å². The van der Waals surface area contributed by atoms with Crippen LogP contribution in [0.25, 0.3) is 0 Å². The van der Waals surface area contributed by atoms with E-state index < -0.39 is 0 Å². The summed E-state index contributed by atoms with van der Waals surface area (Å²) < 4.78 is 5.81. The van der Waals surface area contributed by atoms with Crippen LogP contribution in [0.1, 0.15) is 61.9 Å². The third-order valence-electron chi connectivity index (χ3n) is 4.60. The van der Waals surface area contributed by atoms with Crippen LogP contribution in [0.4, 0.5) is 5.69 Å².